The summed E-state index contributed by atoms with van der Waals surface area (Å²) >= 11 is 1.72. The largest absolute Gasteiger partial charge is 0.460 e. The molecule has 60 valence electrons. The van der Waals surface area contributed by atoms with Gasteiger partial charge in [0.05, 0.1) is 16.0 Å². The maximum atomic E-state index is 12.6. The Bertz CT molecular complexity index is 256. The summed E-state index contributed by atoms with van der Waals surface area (Å²) < 4.78 is 28.9. The van der Waals surface area contributed by atoms with Crippen molar-refractivity contribution in [2.45, 2.75) is 0 Å². The molecule has 0 fully saturated rings. The molecule has 0 aromatic carbocycles. The third-order valence-corrected chi connectivity index (χ3v) is 2.06. The van der Waals surface area contributed by atoms with Gasteiger partial charge in [-0.25, -0.2) is 8.78 Å². The highest BCUT2D eigenvalue weighted by Crippen LogP contribution is 2.21. The number of rotatable bonds is 2. The summed E-state index contributed by atoms with van der Waals surface area (Å²) in [5.74, 6) is -0.371. The zero-order valence-electron chi connectivity index (χ0n) is 5.35. The highest BCUT2D eigenvalue weighted by molar-refractivity contribution is 14.1. The van der Waals surface area contributed by atoms with Gasteiger partial charge >= 0.3 is 0 Å². The summed E-state index contributed by atoms with van der Waals surface area (Å²) in [5.41, 5.74) is 0. The van der Waals surface area contributed by atoms with Crippen molar-refractivity contribution in [1.82, 2.24) is 4.98 Å². The van der Waals surface area contributed by atoms with Crippen LogP contribution in [-0.4, -0.2) is 11.8 Å². The van der Waals surface area contributed by atoms with Crippen LogP contribution in [0.15, 0.2) is 12.4 Å². The molecule has 0 aliphatic heterocycles. The quantitative estimate of drug-likeness (QED) is 0.769. The fourth-order valence-electron chi connectivity index (χ4n) is 0.561. The Labute approximate surface area is 75.7 Å². The normalized spacial score (nSPS) is 9.73. The van der Waals surface area contributed by atoms with E-state index in [-0.39, 0.29) is 9.32 Å². The van der Waals surface area contributed by atoms with Crippen molar-refractivity contribution in [2.75, 3.05) is 6.86 Å². The van der Waals surface area contributed by atoms with Crippen LogP contribution in [0.1, 0.15) is 0 Å². The van der Waals surface area contributed by atoms with Crippen molar-refractivity contribution >= 4 is 22.6 Å². The lowest BCUT2D eigenvalue weighted by Crippen LogP contribution is -1.95. The number of halogens is 3. The third-order valence-electron chi connectivity index (χ3n) is 1.02. The van der Waals surface area contributed by atoms with Crippen molar-refractivity contribution in [3.63, 3.8) is 0 Å². The van der Waals surface area contributed by atoms with E-state index in [2.05, 4.69) is 9.72 Å². The summed E-state index contributed by atoms with van der Waals surface area (Å²) in [6, 6.07) is 0. The summed E-state index contributed by atoms with van der Waals surface area (Å²) in [6.07, 6.45) is 2.32. The standard InChI is InChI=1S/C6H4F2INO/c7-3-11-5-2-10-1-4(8)6(5)9/h1-2H,3H2. The van der Waals surface area contributed by atoms with Crippen molar-refractivity contribution in [3.8, 4) is 5.75 Å². The van der Waals surface area contributed by atoms with Crippen LogP contribution in [0.2, 0.25) is 0 Å². The van der Waals surface area contributed by atoms with Crippen LogP contribution in [0.5, 0.6) is 5.75 Å². The lowest BCUT2D eigenvalue weighted by atomic mass is 10.4. The number of alkyl halides is 1. The Morgan fingerprint density at radius 2 is 2.27 bits per heavy atom. The maximum absolute atomic E-state index is 12.6. The predicted molar refractivity (Wildman–Crippen MR) is 43.5 cm³/mol. The van der Waals surface area contributed by atoms with E-state index >= 15 is 0 Å². The molecule has 0 unspecified atom stereocenters. The highest BCUT2D eigenvalue weighted by Gasteiger charge is 2.05. The highest BCUT2D eigenvalue weighted by atomic mass is 127. The van der Waals surface area contributed by atoms with Crippen molar-refractivity contribution in [1.29, 1.82) is 0 Å². The van der Waals surface area contributed by atoms with E-state index < -0.39 is 12.7 Å². The Morgan fingerprint density at radius 1 is 1.55 bits per heavy atom. The molecule has 0 aliphatic rings. The summed E-state index contributed by atoms with van der Waals surface area (Å²) in [5, 5.41) is 0. The molecule has 11 heavy (non-hydrogen) atoms. The summed E-state index contributed by atoms with van der Waals surface area (Å²) in [6.45, 7) is -0.971. The average molecular weight is 271 g/mol. The van der Waals surface area contributed by atoms with Gasteiger partial charge in [-0.15, -0.1) is 0 Å². The summed E-state index contributed by atoms with van der Waals surface area (Å²) in [4.78, 5) is 3.49. The van der Waals surface area contributed by atoms with Gasteiger partial charge in [-0.1, -0.05) is 0 Å². The first-order valence-corrected chi connectivity index (χ1v) is 3.81. The minimum Gasteiger partial charge on any atom is -0.460 e. The number of hydrogen-bond donors (Lipinski definition) is 0. The predicted octanol–water partition coefficient (Wildman–Crippen LogP) is 2.13. The van der Waals surface area contributed by atoms with Crippen LogP contribution in [0.3, 0.4) is 0 Å². The van der Waals surface area contributed by atoms with Crippen molar-refractivity contribution in [2.24, 2.45) is 0 Å². The van der Waals surface area contributed by atoms with Crippen molar-refractivity contribution in [3.05, 3.63) is 21.8 Å². The number of hydrogen-bond acceptors (Lipinski definition) is 2. The number of nitrogens with zero attached hydrogens (tertiary/aromatic N) is 1. The van der Waals surface area contributed by atoms with Crippen LogP contribution in [0, 0.1) is 9.39 Å². The molecule has 1 aromatic rings. The molecule has 1 heterocycles. The summed E-state index contributed by atoms with van der Waals surface area (Å²) in [7, 11) is 0. The second-order valence-corrected chi connectivity index (χ2v) is 2.77. The minimum absolute atomic E-state index is 0.133. The molecule has 0 saturated carbocycles. The molecule has 5 heteroatoms. The topological polar surface area (TPSA) is 22.1 Å². The molecule has 0 spiro atoms. The third kappa shape index (κ3) is 1.98. The maximum Gasteiger partial charge on any atom is 0.228 e. The first-order valence-electron chi connectivity index (χ1n) is 2.73. The molecule has 2 nitrogen and oxygen atoms in total. The Morgan fingerprint density at radius 3 is 2.91 bits per heavy atom. The fourth-order valence-corrected chi connectivity index (χ4v) is 0.995. The van der Waals surface area contributed by atoms with Crippen LogP contribution in [-0.2, 0) is 0 Å². The van der Waals surface area contributed by atoms with Gasteiger partial charge in [-0.05, 0) is 22.6 Å². The molecule has 0 aliphatic carbocycles. The van der Waals surface area contributed by atoms with E-state index in [1.54, 1.807) is 22.6 Å². The number of aromatic nitrogens is 1. The zero-order chi connectivity index (χ0) is 8.27. The van der Waals surface area contributed by atoms with Gasteiger partial charge in [0, 0.05) is 0 Å². The van der Waals surface area contributed by atoms with Crippen LogP contribution in [0.25, 0.3) is 0 Å². The van der Waals surface area contributed by atoms with E-state index in [1.165, 1.54) is 6.20 Å². The molecular weight excluding hydrogens is 267 g/mol. The van der Waals surface area contributed by atoms with E-state index in [0.717, 1.165) is 6.20 Å². The Hall–Kier alpha value is -0.460. The molecule has 0 amide bonds. The Kier molecular flexibility index (Phi) is 2.98. The van der Waals surface area contributed by atoms with Gasteiger partial charge in [0.15, 0.2) is 11.6 Å². The molecule has 0 radical (unpaired) electrons. The van der Waals surface area contributed by atoms with Gasteiger partial charge in [0.1, 0.15) is 0 Å². The molecular formula is C6H4F2INO. The van der Waals surface area contributed by atoms with E-state index in [9.17, 15) is 8.78 Å². The second-order valence-electron chi connectivity index (χ2n) is 1.69. The molecule has 1 rings (SSSR count). The van der Waals surface area contributed by atoms with Crippen molar-refractivity contribution < 1.29 is 13.5 Å². The van der Waals surface area contributed by atoms with Gasteiger partial charge in [-0.2, -0.15) is 0 Å². The van der Waals surface area contributed by atoms with E-state index in [0.29, 0.717) is 0 Å². The molecule has 0 atom stereocenters. The lowest BCUT2D eigenvalue weighted by Gasteiger charge is -2.02. The van der Waals surface area contributed by atoms with E-state index in [1.807, 2.05) is 0 Å². The monoisotopic (exact) mass is 271 g/mol. The average Bonchev–Trinajstić information content (AvgIpc) is 1.99. The number of pyridine rings is 1. The first-order chi connectivity index (χ1) is 5.25. The fraction of sp³-hybridized carbons (Fsp3) is 0.167. The Balaban J connectivity index is 2.96. The molecule has 0 N–H and O–H groups in total. The van der Waals surface area contributed by atoms with Crippen LogP contribution in [0.4, 0.5) is 8.78 Å². The molecule has 1 aromatic heterocycles. The van der Waals surface area contributed by atoms with E-state index in [4.69, 9.17) is 0 Å². The van der Waals surface area contributed by atoms with Gasteiger partial charge in [0.25, 0.3) is 0 Å². The first kappa shape index (κ1) is 8.63. The van der Waals surface area contributed by atoms with Crippen LogP contribution < -0.4 is 4.74 Å². The second kappa shape index (κ2) is 3.80. The SMILES string of the molecule is FCOc1cncc(F)c1I. The van der Waals surface area contributed by atoms with Gasteiger partial charge in [-0.3, -0.25) is 4.98 Å². The molecule has 0 bridgehead atoms. The zero-order valence-corrected chi connectivity index (χ0v) is 7.51. The minimum atomic E-state index is -0.971. The lowest BCUT2D eigenvalue weighted by molar-refractivity contribution is 0.189. The smallest absolute Gasteiger partial charge is 0.228 e. The van der Waals surface area contributed by atoms with Gasteiger partial charge in [0.2, 0.25) is 6.86 Å². The van der Waals surface area contributed by atoms with Gasteiger partial charge < -0.3 is 4.74 Å². The molecule has 0 saturated heterocycles. The number of ether oxygens (including phenoxy) is 1. The van der Waals surface area contributed by atoms with Crippen LogP contribution >= 0.6 is 22.6 Å².